The molecule has 7 nitrogen and oxygen atoms in total. The van der Waals surface area contributed by atoms with Crippen molar-refractivity contribution in [3.8, 4) is 0 Å². The standard InChI is InChI=1S/C12H18N4O3S2/c1-3-5-16-11(9-4-6-21(18,19)7-9)14-15-12(16)20-8(2)10(13)17/h3,8-9H,1,4-7H2,2H3,(H2,13,17)/t8-,9-/m1/s1. The third kappa shape index (κ3) is 3.65. The normalized spacial score (nSPS) is 22.0. The number of hydrogen-bond acceptors (Lipinski definition) is 6. The van der Waals surface area contributed by atoms with Crippen LogP contribution in [-0.2, 0) is 21.2 Å². The van der Waals surface area contributed by atoms with Gasteiger partial charge < -0.3 is 10.3 Å². The van der Waals surface area contributed by atoms with Crippen molar-refractivity contribution in [3.05, 3.63) is 18.5 Å². The van der Waals surface area contributed by atoms with Gasteiger partial charge in [0.15, 0.2) is 15.0 Å². The summed E-state index contributed by atoms with van der Waals surface area (Å²) in [6.45, 7) is 5.85. The molecule has 2 rings (SSSR count). The first-order chi connectivity index (χ1) is 9.84. The van der Waals surface area contributed by atoms with Gasteiger partial charge in [-0.1, -0.05) is 17.8 Å². The molecule has 2 N–H and O–H groups in total. The van der Waals surface area contributed by atoms with E-state index in [9.17, 15) is 13.2 Å². The van der Waals surface area contributed by atoms with Gasteiger partial charge in [-0.15, -0.1) is 16.8 Å². The van der Waals surface area contributed by atoms with Gasteiger partial charge in [0.1, 0.15) is 5.82 Å². The second-order valence-electron chi connectivity index (χ2n) is 5.00. The van der Waals surface area contributed by atoms with E-state index in [1.165, 1.54) is 11.8 Å². The summed E-state index contributed by atoms with van der Waals surface area (Å²) >= 11 is 1.22. The van der Waals surface area contributed by atoms with Crippen LogP contribution in [0.5, 0.6) is 0 Å². The van der Waals surface area contributed by atoms with Gasteiger partial charge in [0.2, 0.25) is 5.91 Å². The molecular formula is C12H18N4O3S2. The van der Waals surface area contributed by atoms with Gasteiger partial charge in [0, 0.05) is 12.5 Å². The highest BCUT2D eigenvalue weighted by atomic mass is 32.2. The Morgan fingerprint density at radius 3 is 2.86 bits per heavy atom. The molecule has 0 spiro atoms. The highest BCUT2D eigenvalue weighted by Crippen LogP contribution is 2.31. The third-order valence-corrected chi connectivity index (χ3v) is 6.20. The minimum Gasteiger partial charge on any atom is -0.369 e. The highest BCUT2D eigenvalue weighted by molar-refractivity contribution is 8.00. The molecule has 1 aliphatic rings. The van der Waals surface area contributed by atoms with E-state index < -0.39 is 21.0 Å². The minimum atomic E-state index is -2.99. The highest BCUT2D eigenvalue weighted by Gasteiger charge is 2.33. The van der Waals surface area contributed by atoms with Crippen LogP contribution < -0.4 is 5.73 Å². The number of sulfone groups is 1. The van der Waals surface area contributed by atoms with Crippen LogP contribution in [0.1, 0.15) is 25.1 Å². The summed E-state index contributed by atoms with van der Waals surface area (Å²) in [5.74, 6) is 0.325. The summed E-state index contributed by atoms with van der Waals surface area (Å²) in [5.41, 5.74) is 5.26. The molecule has 0 aliphatic carbocycles. The number of thioether (sulfide) groups is 1. The maximum absolute atomic E-state index is 11.6. The van der Waals surface area contributed by atoms with Crippen molar-refractivity contribution in [1.82, 2.24) is 14.8 Å². The Bertz CT molecular complexity index is 653. The number of carbonyl (C=O) groups excluding carboxylic acids is 1. The predicted molar refractivity (Wildman–Crippen MR) is 80.7 cm³/mol. The van der Waals surface area contributed by atoms with E-state index in [1.807, 2.05) is 4.57 Å². The van der Waals surface area contributed by atoms with Crippen LogP contribution in [0.15, 0.2) is 17.8 Å². The minimum absolute atomic E-state index is 0.0956. The number of primary amides is 1. The van der Waals surface area contributed by atoms with Crippen molar-refractivity contribution >= 4 is 27.5 Å². The molecule has 1 amide bonds. The molecule has 2 atom stereocenters. The predicted octanol–water partition coefficient (Wildman–Crippen LogP) is 0.332. The van der Waals surface area contributed by atoms with Crippen molar-refractivity contribution in [2.45, 2.75) is 36.2 Å². The fourth-order valence-corrected chi connectivity index (χ4v) is 4.76. The smallest absolute Gasteiger partial charge is 0.230 e. The van der Waals surface area contributed by atoms with Gasteiger partial charge in [-0.2, -0.15) is 0 Å². The van der Waals surface area contributed by atoms with Crippen LogP contribution in [-0.4, -0.2) is 45.8 Å². The monoisotopic (exact) mass is 330 g/mol. The average Bonchev–Trinajstić information content (AvgIpc) is 2.94. The largest absolute Gasteiger partial charge is 0.369 e. The number of hydrogen-bond donors (Lipinski definition) is 1. The van der Waals surface area contributed by atoms with Gasteiger partial charge in [0.25, 0.3) is 0 Å². The van der Waals surface area contributed by atoms with E-state index in [1.54, 1.807) is 13.0 Å². The lowest BCUT2D eigenvalue weighted by atomic mass is 10.1. The fraction of sp³-hybridized carbons (Fsp3) is 0.583. The van der Waals surface area contributed by atoms with Crippen molar-refractivity contribution in [2.75, 3.05) is 11.5 Å². The summed E-state index contributed by atoms with van der Waals surface area (Å²) in [4.78, 5) is 11.2. The first-order valence-corrected chi connectivity index (χ1v) is 9.24. The Hall–Kier alpha value is -1.35. The summed E-state index contributed by atoms with van der Waals surface area (Å²) in [5, 5.41) is 8.32. The van der Waals surface area contributed by atoms with Crippen LogP contribution >= 0.6 is 11.8 Å². The van der Waals surface area contributed by atoms with Crippen LogP contribution in [0, 0.1) is 0 Å². The maximum Gasteiger partial charge on any atom is 0.230 e. The molecule has 1 fully saturated rings. The van der Waals surface area contributed by atoms with E-state index in [2.05, 4.69) is 16.8 Å². The lowest BCUT2D eigenvalue weighted by Crippen LogP contribution is -2.23. The van der Waals surface area contributed by atoms with Gasteiger partial charge in [-0.3, -0.25) is 4.79 Å². The molecule has 1 aromatic heterocycles. The van der Waals surface area contributed by atoms with Crippen molar-refractivity contribution < 1.29 is 13.2 Å². The second-order valence-corrected chi connectivity index (χ2v) is 8.54. The summed E-state index contributed by atoms with van der Waals surface area (Å²) in [7, 11) is -2.99. The lowest BCUT2D eigenvalue weighted by Gasteiger charge is -2.12. The Morgan fingerprint density at radius 1 is 1.62 bits per heavy atom. The number of rotatable bonds is 6. The van der Waals surface area contributed by atoms with E-state index in [0.29, 0.717) is 23.9 Å². The summed E-state index contributed by atoms with van der Waals surface area (Å²) in [6.07, 6.45) is 2.24. The van der Waals surface area contributed by atoms with Crippen LogP contribution in [0.4, 0.5) is 0 Å². The Morgan fingerprint density at radius 2 is 2.33 bits per heavy atom. The second kappa shape index (κ2) is 6.18. The molecule has 0 saturated carbocycles. The number of nitrogens with two attached hydrogens (primary N) is 1. The van der Waals surface area contributed by atoms with Crippen LogP contribution in [0.25, 0.3) is 0 Å². The third-order valence-electron chi connectivity index (χ3n) is 3.34. The molecule has 0 bridgehead atoms. The zero-order chi connectivity index (χ0) is 15.6. The van der Waals surface area contributed by atoms with Gasteiger partial charge >= 0.3 is 0 Å². The zero-order valence-electron chi connectivity index (χ0n) is 11.7. The molecule has 0 aromatic carbocycles. The Labute approximate surface area is 127 Å². The first kappa shape index (κ1) is 16.0. The molecule has 9 heteroatoms. The maximum atomic E-state index is 11.6. The van der Waals surface area contributed by atoms with Crippen molar-refractivity contribution in [3.63, 3.8) is 0 Å². The van der Waals surface area contributed by atoms with Gasteiger partial charge in [0.05, 0.1) is 16.8 Å². The molecular weight excluding hydrogens is 312 g/mol. The number of aromatic nitrogens is 3. The summed E-state index contributed by atoms with van der Waals surface area (Å²) < 4.78 is 25.0. The number of amides is 1. The lowest BCUT2D eigenvalue weighted by molar-refractivity contribution is -0.117. The first-order valence-electron chi connectivity index (χ1n) is 6.54. The molecule has 2 heterocycles. The van der Waals surface area contributed by atoms with Crippen LogP contribution in [0.3, 0.4) is 0 Å². The van der Waals surface area contributed by atoms with E-state index in [4.69, 9.17) is 5.73 Å². The SMILES string of the molecule is C=CCn1c(S[C@H](C)C(N)=O)nnc1[C@@H]1CCS(=O)(=O)C1. The van der Waals surface area contributed by atoms with E-state index in [-0.39, 0.29) is 17.4 Å². The van der Waals surface area contributed by atoms with Crippen molar-refractivity contribution in [2.24, 2.45) is 5.73 Å². The van der Waals surface area contributed by atoms with Gasteiger partial charge in [-0.05, 0) is 13.3 Å². The molecule has 1 aromatic rings. The number of nitrogens with zero attached hydrogens (tertiary/aromatic N) is 3. The quantitative estimate of drug-likeness (QED) is 0.595. The number of allylic oxidation sites excluding steroid dienone is 1. The van der Waals surface area contributed by atoms with Gasteiger partial charge in [-0.25, -0.2) is 8.42 Å². The molecule has 21 heavy (non-hydrogen) atoms. The Kier molecular flexibility index (Phi) is 4.72. The zero-order valence-corrected chi connectivity index (χ0v) is 13.4. The van der Waals surface area contributed by atoms with Crippen LogP contribution in [0.2, 0.25) is 0 Å². The molecule has 0 radical (unpaired) electrons. The number of carbonyl (C=O) groups is 1. The molecule has 1 aliphatic heterocycles. The Balaban J connectivity index is 2.28. The van der Waals surface area contributed by atoms with Crippen molar-refractivity contribution in [1.29, 1.82) is 0 Å². The summed E-state index contributed by atoms with van der Waals surface area (Å²) in [6, 6.07) is 0. The fourth-order valence-electron chi connectivity index (χ4n) is 2.20. The molecule has 1 saturated heterocycles. The molecule has 116 valence electrons. The van der Waals surface area contributed by atoms with E-state index >= 15 is 0 Å². The topological polar surface area (TPSA) is 108 Å². The molecule has 0 unspecified atom stereocenters. The average molecular weight is 330 g/mol. The van der Waals surface area contributed by atoms with E-state index in [0.717, 1.165) is 0 Å².